The van der Waals surface area contributed by atoms with E-state index in [1.807, 2.05) is 50.2 Å². The van der Waals surface area contributed by atoms with Crippen LogP contribution in [-0.2, 0) is 11.3 Å². The summed E-state index contributed by atoms with van der Waals surface area (Å²) < 4.78 is 0. The van der Waals surface area contributed by atoms with Gasteiger partial charge < -0.3 is 15.3 Å². The molecule has 1 aliphatic rings. The molecule has 2 N–H and O–H groups in total. The SMILES string of the molecule is CCC(O)CN(Cc1ccccc1)C(=O)c1sc(NC(=O)C2CC2)cc1C. The van der Waals surface area contributed by atoms with Crippen LogP contribution in [0.5, 0.6) is 0 Å². The summed E-state index contributed by atoms with van der Waals surface area (Å²) in [6.45, 7) is 4.51. The van der Waals surface area contributed by atoms with Gasteiger partial charge in [-0.25, -0.2) is 0 Å². The summed E-state index contributed by atoms with van der Waals surface area (Å²) in [6, 6.07) is 11.6. The monoisotopic (exact) mass is 386 g/mol. The molecule has 1 unspecified atom stereocenters. The molecular formula is C21H26N2O3S. The van der Waals surface area contributed by atoms with Crippen molar-refractivity contribution in [3.8, 4) is 0 Å². The van der Waals surface area contributed by atoms with Crippen LogP contribution in [0.1, 0.15) is 47.0 Å². The van der Waals surface area contributed by atoms with Crippen molar-refractivity contribution in [3.05, 3.63) is 52.4 Å². The summed E-state index contributed by atoms with van der Waals surface area (Å²) in [5.41, 5.74) is 1.87. The van der Waals surface area contributed by atoms with Gasteiger partial charge in [0.15, 0.2) is 0 Å². The predicted octanol–water partition coefficient (Wildman–Crippen LogP) is 3.82. The fourth-order valence-electron chi connectivity index (χ4n) is 2.88. The number of rotatable bonds is 8. The third kappa shape index (κ3) is 5.17. The van der Waals surface area contributed by atoms with E-state index in [2.05, 4.69) is 5.32 Å². The molecule has 1 aliphatic carbocycles. The van der Waals surface area contributed by atoms with Crippen molar-refractivity contribution in [1.29, 1.82) is 0 Å². The van der Waals surface area contributed by atoms with Gasteiger partial charge in [-0.1, -0.05) is 37.3 Å². The van der Waals surface area contributed by atoms with E-state index in [9.17, 15) is 14.7 Å². The minimum absolute atomic E-state index is 0.0396. The second-order valence-electron chi connectivity index (χ2n) is 7.12. The van der Waals surface area contributed by atoms with Gasteiger partial charge in [-0.3, -0.25) is 9.59 Å². The van der Waals surface area contributed by atoms with E-state index in [0.29, 0.717) is 22.8 Å². The molecule has 2 aromatic rings. The number of amides is 2. The van der Waals surface area contributed by atoms with Crippen LogP contribution in [0.3, 0.4) is 0 Å². The number of aliphatic hydroxyl groups is 1. The standard InChI is InChI=1S/C21H26N2O3S/c1-3-17(24)13-23(12-15-7-5-4-6-8-15)21(26)19-14(2)11-18(27-19)22-20(25)16-9-10-16/h4-8,11,16-17,24H,3,9-10,12-13H2,1-2H3,(H,22,25). The molecule has 0 spiro atoms. The average molecular weight is 387 g/mol. The molecule has 0 saturated heterocycles. The fraction of sp³-hybridized carbons (Fsp3) is 0.429. The zero-order valence-electron chi connectivity index (χ0n) is 15.8. The Morgan fingerprint density at radius 2 is 2.00 bits per heavy atom. The van der Waals surface area contributed by atoms with Crippen molar-refractivity contribution in [2.75, 3.05) is 11.9 Å². The summed E-state index contributed by atoms with van der Waals surface area (Å²) in [5.74, 6) is 0.0550. The van der Waals surface area contributed by atoms with Crippen LogP contribution >= 0.6 is 11.3 Å². The van der Waals surface area contributed by atoms with Crippen LogP contribution in [0.25, 0.3) is 0 Å². The Bertz CT molecular complexity index is 799. The third-order valence-corrected chi connectivity index (χ3v) is 5.85. The number of aryl methyl sites for hydroxylation is 1. The highest BCUT2D eigenvalue weighted by Crippen LogP contribution is 2.33. The van der Waals surface area contributed by atoms with Gasteiger partial charge in [0.05, 0.1) is 16.0 Å². The summed E-state index contributed by atoms with van der Waals surface area (Å²) in [5, 5.41) is 13.7. The molecule has 5 nitrogen and oxygen atoms in total. The lowest BCUT2D eigenvalue weighted by atomic mass is 10.1. The highest BCUT2D eigenvalue weighted by molar-refractivity contribution is 7.18. The van der Waals surface area contributed by atoms with Crippen LogP contribution in [0.2, 0.25) is 0 Å². The maximum Gasteiger partial charge on any atom is 0.264 e. The molecule has 1 fully saturated rings. The van der Waals surface area contributed by atoms with Crippen molar-refractivity contribution < 1.29 is 14.7 Å². The van der Waals surface area contributed by atoms with E-state index in [0.717, 1.165) is 24.0 Å². The Hall–Kier alpha value is -2.18. The van der Waals surface area contributed by atoms with E-state index in [4.69, 9.17) is 0 Å². The summed E-state index contributed by atoms with van der Waals surface area (Å²) >= 11 is 1.31. The largest absolute Gasteiger partial charge is 0.391 e. The Morgan fingerprint density at radius 3 is 2.63 bits per heavy atom. The van der Waals surface area contributed by atoms with Crippen molar-refractivity contribution in [2.45, 2.75) is 45.8 Å². The molecule has 0 aliphatic heterocycles. The first-order valence-electron chi connectivity index (χ1n) is 9.40. The highest BCUT2D eigenvalue weighted by atomic mass is 32.1. The molecule has 1 aromatic carbocycles. The number of thiophene rings is 1. The molecule has 0 bridgehead atoms. The number of aliphatic hydroxyl groups excluding tert-OH is 1. The van der Waals surface area contributed by atoms with E-state index in [1.165, 1.54) is 11.3 Å². The second-order valence-corrected chi connectivity index (χ2v) is 8.17. The fourth-order valence-corrected chi connectivity index (χ4v) is 3.92. The molecule has 1 aromatic heterocycles. The van der Waals surface area contributed by atoms with Gasteiger partial charge in [0.25, 0.3) is 5.91 Å². The van der Waals surface area contributed by atoms with Crippen LogP contribution in [0.15, 0.2) is 36.4 Å². The normalized spacial score (nSPS) is 14.6. The zero-order valence-corrected chi connectivity index (χ0v) is 16.6. The van der Waals surface area contributed by atoms with Crippen LogP contribution in [0, 0.1) is 12.8 Å². The van der Waals surface area contributed by atoms with Gasteiger partial charge >= 0.3 is 0 Å². The van der Waals surface area contributed by atoms with Gasteiger partial charge in [0.2, 0.25) is 5.91 Å². The number of carbonyl (C=O) groups excluding carboxylic acids is 2. The van der Waals surface area contributed by atoms with Crippen molar-refractivity contribution in [3.63, 3.8) is 0 Å². The molecule has 6 heteroatoms. The molecule has 0 radical (unpaired) electrons. The van der Waals surface area contributed by atoms with Gasteiger partial charge in [-0.15, -0.1) is 11.3 Å². The molecule has 1 heterocycles. The lowest BCUT2D eigenvalue weighted by Crippen LogP contribution is -2.36. The van der Waals surface area contributed by atoms with E-state index in [1.54, 1.807) is 4.90 Å². The molecule has 2 amide bonds. The van der Waals surface area contributed by atoms with Crippen molar-refractivity contribution >= 4 is 28.2 Å². The Kier molecular flexibility index (Phi) is 6.29. The maximum atomic E-state index is 13.2. The van der Waals surface area contributed by atoms with E-state index >= 15 is 0 Å². The van der Waals surface area contributed by atoms with Gasteiger partial charge in [0, 0.05) is 19.0 Å². The first-order valence-corrected chi connectivity index (χ1v) is 10.2. The minimum Gasteiger partial charge on any atom is -0.391 e. The summed E-state index contributed by atoms with van der Waals surface area (Å²) in [4.78, 5) is 27.5. The lowest BCUT2D eigenvalue weighted by Gasteiger charge is -2.25. The molecule has 1 atom stereocenters. The second kappa shape index (κ2) is 8.67. The smallest absolute Gasteiger partial charge is 0.264 e. The number of hydrogen-bond donors (Lipinski definition) is 2. The topological polar surface area (TPSA) is 69.6 Å². The molecule has 27 heavy (non-hydrogen) atoms. The first kappa shape index (κ1) is 19.6. The van der Waals surface area contributed by atoms with Crippen LogP contribution in [-0.4, -0.2) is 34.5 Å². The number of anilines is 1. The molecule has 144 valence electrons. The maximum absolute atomic E-state index is 13.2. The third-order valence-electron chi connectivity index (χ3n) is 4.71. The van der Waals surface area contributed by atoms with Gasteiger partial charge in [-0.2, -0.15) is 0 Å². The Balaban J connectivity index is 1.77. The van der Waals surface area contributed by atoms with E-state index < -0.39 is 6.10 Å². The number of nitrogens with zero attached hydrogens (tertiary/aromatic N) is 1. The number of carbonyl (C=O) groups is 2. The number of benzene rings is 1. The van der Waals surface area contributed by atoms with Crippen LogP contribution in [0.4, 0.5) is 5.00 Å². The van der Waals surface area contributed by atoms with Gasteiger partial charge in [0.1, 0.15) is 0 Å². The molecule has 3 rings (SSSR count). The summed E-state index contributed by atoms with van der Waals surface area (Å²) in [7, 11) is 0. The minimum atomic E-state index is -0.563. The van der Waals surface area contributed by atoms with Crippen molar-refractivity contribution in [1.82, 2.24) is 4.90 Å². The van der Waals surface area contributed by atoms with Crippen LogP contribution < -0.4 is 5.32 Å². The zero-order chi connectivity index (χ0) is 19.4. The quantitative estimate of drug-likeness (QED) is 0.725. The molecular weight excluding hydrogens is 360 g/mol. The highest BCUT2D eigenvalue weighted by Gasteiger charge is 2.30. The number of nitrogens with one attached hydrogen (secondary N) is 1. The Labute approximate surface area is 164 Å². The lowest BCUT2D eigenvalue weighted by molar-refractivity contribution is -0.117. The summed E-state index contributed by atoms with van der Waals surface area (Å²) in [6.07, 6.45) is 1.92. The van der Waals surface area contributed by atoms with Gasteiger partial charge in [-0.05, 0) is 43.4 Å². The van der Waals surface area contributed by atoms with Crippen molar-refractivity contribution in [2.24, 2.45) is 5.92 Å². The first-order chi connectivity index (χ1) is 13.0. The van der Waals surface area contributed by atoms with E-state index in [-0.39, 0.29) is 24.3 Å². The average Bonchev–Trinajstić information content (AvgIpc) is 3.45. The number of hydrogen-bond acceptors (Lipinski definition) is 4. The molecule has 1 saturated carbocycles. The predicted molar refractivity (Wildman–Crippen MR) is 108 cm³/mol. The Morgan fingerprint density at radius 1 is 1.30 bits per heavy atom.